The lowest BCUT2D eigenvalue weighted by Crippen LogP contribution is -2.41. The molecular weight excluding hydrogens is 374 g/mol. The van der Waals surface area contributed by atoms with Gasteiger partial charge in [-0.25, -0.2) is 13.8 Å². The molecule has 0 bridgehead atoms. The number of benzene rings is 2. The first kappa shape index (κ1) is 18.7. The maximum Gasteiger partial charge on any atom is 0.266 e. The molecule has 5 nitrogen and oxygen atoms in total. The van der Waals surface area contributed by atoms with Crippen molar-refractivity contribution < 1.29 is 13.6 Å². The molecule has 1 aliphatic rings. The van der Waals surface area contributed by atoms with E-state index in [0.717, 1.165) is 11.1 Å². The van der Waals surface area contributed by atoms with Gasteiger partial charge in [-0.3, -0.25) is 14.7 Å². The Morgan fingerprint density at radius 2 is 1.83 bits per heavy atom. The van der Waals surface area contributed by atoms with Crippen LogP contribution in [0.25, 0.3) is 11.1 Å². The lowest BCUT2D eigenvalue weighted by molar-refractivity contribution is -0.129. The Morgan fingerprint density at radius 1 is 1.07 bits per heavy atom. The molecule has 29 heavy (non-hydrogen) atoms. The van der Waals surface area contributed by atoms with Gasteiger partial charge in [-0.15, -0.1) is 0 Å². The lowest BCUT2D eigenvalue weighted by atomic mass is 9.81. The smallest absolute Gasteiger partial charge is 0.266 e. The highest BCUT2D eigenvalue weighted by atomic mass is 19.1. The van der Waals surface area contributed by atoms with Crippen LogP contribution in [0.1, 0.15) is 16.8 Å². The summed E-state index contributed by atoms with van der Waals surface area (Å²) >= 11 is 0. The topological polar surface area (TPSA) is 71.6 Å². The van der Waals surface area contributed by atoms with Gasteiger partial charge >= 0.3 is 0 Å². The first-order valence-corrected chi connectivity index (χ1v) is 8.97. The van der Waals surface area contributed by atoms with Crippen molar-refractivity contribution in [2.75, 3.05) is 7.05 Å². The molecule has 1 atom stereocenters. The molecule has 2 aromatic carbocycles. The number of amides is 1. The third-order valence-electron chi connectivity index (χ3n) is 5.07. The van der Waals surface area contributed by atoms with Crippen molar-refractivity contribution in [3.05, 3.63) is 89.5 Å². The molecule has 1 unspecified atom stereocenters. The summed E-state index contributed by atoms with van der Waals surface area (Å²) in [7, 11) is 1.47. The number of rotatable bonds is 4. The van der Waals surface area contributed by atoms with Gasteiger partial charge in [0.1, 0.15) is 12.5 Å². The third kappa shape index (κ3) is 2.95. The van der Waals surface area contributed by atoms with Crippen LogP contribution in [0.15, 0.2) is 71.9 Å². The Labute approximate surface area is 166 Å². The fraction of sp³-hybridized carbons (Fsp3) is 0.136. The van der Waals surface area contributed by atoms with E-state index in [2.05, 4.69) is 9.98 Å². The molecule has 2 heterocycles. The van der Waals surface area contributed by atoms with Gasteiger partial charge in [0, 0.05) is 18.8 Å². The first-order valence-electron chi connectivity index (χ1n) is 8.97. The number of pyridine rings is 1. The van der Waals surface area contributed by atoms with Crippen LogP contribution in [0.2, 0.25) is 0 Å². The van der Waals surface area contributed by atoms with E-state index < -0.39 is 23.9 Å². The maximum atomic E-state index is 15.1. The number of likely N-dealkylation sites (N-methyl/N-ethyl adjacent to an activating group) is 1. The van der Waals surface area contributed by atoms with E-state index in [1.807, 2.05) is 30.3 Å². The second-order valence-corrected chi connectivity index (χ2v) is 6.77. The van der Waals surface area contributed by atoms with Gasteiger partial charge in [-0.1, -0.05) is 36.4 Å². The minimum absolute atomic E-state index is 0.0434. The molecular formula is C22H18F2N4O. The third-order valence-corrected chi connectivity index (χ3v) is 5.07. The number of aromatic nitrogens is 1. The van der Waals surface area contributed by atoms with E-state index in [-0.39, 0.29) is 17.2 Å². The Kier molecular flexibility index (Phi) is 4.58. The number of hydrogen-bond donors (Lipinski definition) is 1. The Balaban J connectivity index is 2.00. The molecule has 1 aliphatic heterocycles. The second-order valence-electron chi connectivity index (χ2n) is 6.77. The molecule has 3 aromatic rings. The molecule has 1 amide bonds. The largest absolute Gasteiger partial charge is 0.369 e. The molecule has 1 aromatic heterocycles. The summed E-state index contributed by atoms with van der Waals surface area (Å²) in [4.78, 5) is 22.8. The second kappa shape index (κ2) is 7.09. The zero-order valence-electron chi connectivity index (χ0n) is 15.6. The monoisotopic (exact) mass is 392 g/mol. The van der Waals surface area contributed by atoms with Crippen molar-refractivity contribution in [3.8, 4) is 11.1 Å². The zero-order valence-corrected chi connectivity index (χ0v) is 15.6. The maximum absolute atomic E-state index is 15.1. The molecule has 146 valence electrons. The van der Waals surface area contributed by atoms with Gasteiger partial charge in [0.05, 0.1) is 5.69 Å². The number of nitrogens with zero attached hydrogens (tertiary/aromatic N) is 3. The minimum Gasteiger partial charge on any atom is -0.369 e. The summed E-state index contributed by atoms with van der Waals surface area (Å²) in [5.74, 6) is -1.17. The quantitative estimate of drug-likeness (QED) is 0.740. The molecule has 0 radical (unpaired) electrons. The lowest BCUT2D eigenvalue weighted by Gasteiger charge is -2.27. The van der Waals surface area contributed by atoms with Gasteiger partial charge in [0.25, 0.3) is 5.91 Å². The summed E-state index contributed by atoms with van der Waals surface area (Å²) in [6, 6.07) is 16.9. The van der Waals surface area contributed by atoms with E-state index >= 15 is 4.39 Å². The predicted octanol–water partition coefficient (Wildman–Crippen LogP) is 3.39. The Bertz CT molecular complexity index is 1120. The van der Waals surface area contributed by atoms with Crippen LogP contribution in [0.4, 0.5) is 8.78 Å². The van der Waals surface area contributed by atoms with Crippen LogP contribution in [0, 0.1) is 5.82 Å². The minimum atomic E-state index is -1.75. The van der Waals surface area contributed by atoms with Crippen LogP contribution < -0.4 is 5.73 Å². The molecule has 0 saturated heterocycles. The van der Waals surface area contributed by atoms with Crippen LogP contribution in [-0.2, 0) is 17.0 Å². The van der Waals surface area contributed by atoms with Crippen molar-refractivity contribution in [2.45, 2.75) is 12.2 Å². The summed E-state index contributed by atoms with van der Waals surface area (Å²) in [6.07, 6.45) is 1.38. The molecule has 4 rings (SSSR count). The highest BCUT2D eigenvalue weighted by Crippen LogP contribution is 2.41. The highest BCUT2D eigenvalue weighted by Gasteiger charge is 2.51. The van der Waals surface area contributed by atoms with Crippen LogP contribution in [0.3, 0.4) is 0 Å². The van der Waals surface area contributed by atoms with E-state index in [1.54, 1.807) is 12.1 Å². The SMILES string of the molecule is CN1C(=O)C(c2ccnc(CF)c2)(c2cc(-c3ccccc3)ccc2F)N=C1N. The van der Waals surface area contributed by atoms with Gasteiger partial charge in [-0.05, 0) is 41.0 Å². The molecule has 0 fully saturated rings. The summed E-state index contributed by atoms with van der Waals surface area (Å²) < 4.78 is 28.3. The number of guanidine groups is 1. The number of carbonyl (C=O) groups is 1. The Morgan fingerprint density at radius 3 is 2.48 bits per heavy atom. The number of carbonyl (C=O) groups excluding carboxylic acids is 1. The normalized spacial score (nSPS) is 18.8. The molecule has 2 N–H and O–H groups in total. The van der Waals surface area contributed by atoms with Gasteiger partial charge in [0.2, 0.25) is 0 Å². The summed E-state index contributed by atoms with van der Waals surface area (Å²) in [6.45, 7) is -0.820. The number of hydrogen-bond acceptors (Lipinski definition) is 4. The fourth-order valence-corrected chi connectivity index (χ4v) is 3.55. The average molecular weight is 392 g/mol. The summed E-state index contributed by atoms with van der Waals surface area (Å²) in [5.41, 5.74) is 6.24. The summed E-state index contributed by atoms with van der Waals surface area (Å²) in [5, 5.41) is 0. The van der Waals surface area contributed by atoms with Crippen LogP contribution in [0.5, 0.6) is 0 Å². The first-order chi connectivity index (χ1) is 14.0. The zero-order chi connectivity index (χ0) is 20.6. The molecule has 7 heteroatoms. The van der Waals surface area contributed by atoms with Crippen molar-refractivity contribution in [3.63, 3.8) is 0 Å². The number of halogens is 2. The Hall–Kier alpha value is -3.61. The van der Waals surface area contributed by atoms with E-state index in [0.29, 0.717) is 5.56 Å². The van der Waals surface area contributed by atoms with Gasteiger partial charge < -0.3 is 5.73 Å². The number of alkyl halides is 1. The van der Waals surface area contributed by atoms with Crippen molar-refractivity contribution in [2.24, 2.45) is 10.7 Å². The van der Waals surface area contributed by atoms with Gasteiger partial charge in [-0.2, -0.15) is 0 Å². The average Bonchev–Trinajstić information content (AvgIpc) is 2.99. The molecule has 0 saturated carbocycles. The molecule has 0 aliphatic carbocycles. The highest BCUT2D eigenvalue weighted by molar-refractivity contribution is 6.09. The molecule has 0 spiro atoms. The predicted molar refractivity (Wildman–Crippen MR) is 106 cm³/mol. The van der Waals surface area contributed by atoms with Crippen LogP contribution in [-0.4, -0.2) is 28.8 Å². The van der Waals surface area contributed by atoms with E-state index in [9.17, 15) is 9.18 Å². The van der Waals surface area contributed by atoms with Crippen molar-refractivity contribution in [1.29, 1.82) is 0 Å². The standard InChI is InChI=1S/C22H18F2N4O/c1-28-20(29)22(27-21(28)25,16-9-10-26-17(12-16)13-23)18-11-15(7-8-19(18)24)14-5-3-2-4-6-14/h2-12H,13H2,1H3,(H2,25,27). The van der Waals surface area contributed by atoms with E-state index in [1.165, 1.54) is 36.3 Å². The van der Waals surface area contributed by atoms with Crippen molar-refractivity contribution >= 4 is 11.9 Å². The van der Waals surface area contributed by atoms with Crippen molar-refractivity contribution in [1.82, 2.24) is 9.88 Å². The number of aliphatic imine (C=N–C) groups is 1. The fourth-order valence-electron chi connectivity index (χ4n) is 3.55. The number of nitrogens with two attached hydrogens (primary N) is 1. The van der Waals surface area contributed by atoms with Crippen LogP contribution >= 0.6 is 0 Å². The van der Waals surface area contributed by atoms with Gasteiger partial charge in [0.15, 0.2) is 11.5 Å². The van der Waals surface area contributed by atoms with E-state index in [4.69, 9.17) is 5.73 Å².